The standard InChI is InChI=1S/C27H24F3N5O/c28-27(29,30)21-7-8-24-20(12-21)13-22(26(36)33-16-18-4-3-9-32-15-18)25-17-34(10-11-35(24)25)23-6-2-1-5-19(23)14-31/h1-9,12,15,22,25H,10-11,13,16-17H2,(H,33,36)/t22-,25+/m1/s1. The quantitative estimate of drug-likeness (QED) is 0.594. The molecule has 1 amide bonds. The number of benzene rings is 2. The Kier molecular flexibility index (Phi) is 6.27. The van der Waals surface area contributed by atoms with Gasteiger partial charge in [0.15, 0.2) is 0 Å². The van der Waals surface area contributed by atoms with Crippen LogP contribution in [0.4, 0.5) is 24.5 Å². The number of anilines is 2. The minimum atomic E-state index is -4.45. The van der Waals surface area contributed by atoms with Gasteiger partial charge in [-0.15, -0.1) is 0 Å². The maximum Gasteiger partial charge on any atom is 0.416 e. The first kappa shape index (κ1) is 23.7. The molecule has 5 rings (SSSR count). The normalized spacial score (nSPS) is 19.2. The predicted molar refractivity (Wildman–Crippen MR) is 129 cm³/mol. The van der Waals surface area contributed by atoms with Crippen LogP contribution in [-0.2, 0) is 23.9 Å². The number of carbonyl (C=O) groups excluding carboxylic acids is 1. The number of hydrogen-bond acceptors (Lipinski definition) is 5. The molecule has 2 aromatic carbocycles. The summed E-state index contributed by atoms with van der Waals surface area (Å²) in [6.45, 7) is 1.87. The molecule has 0 unspecified atom stereocenters. The zero-order valence-corrected chi connectivity index (χ0v) is 19.4. The van der Waals surface area contributed by atoms with Crippen LogP contribution in [0.15, 0.2) is 67.0 Å². The molecule has 184 valence electrons. The van der Waals surface area contributed by atoms with E-state index >= 15 is 0 Å². The molecule has 1 aromatic heterocycles. The van der Waals surface area contributed by atoms with Gasteiger partial charge >= 0.3 is 6.18 Å². The van der Waals surface area contributed by atoms with E-state index in [1.807, 2.05) is 24.3 Å². The summed E-state index contributed by atoms with van der Waals surface area (Å²) < 4.78 is 40.3. The van der Waals surface area contributed by atoms with Crippen LogP contribution in [0.3, 0.4) is 0 Å². The number of nitrogens with one attached hydrogen (secondary N) is 1. The van der Waals surface area contributed by atoms with Crippen molar-refractivity contribution in [1.82, 2.24) is 10.3 Å². The van der Waals surface area contributed by atoms with E-state index in [2.05, 4.69) is 26.2 Å². The van der Waals surface area contributed by atoms with Gasteiger partial charge in [-0.3, -0.25) is 9.78 Å². The minimum Gasteiger partial charge on any atom is -0.367 e. The zero-order valence-electron chi connectivity index (χ0n) is 19.4. The summed E-state index contributed by atoms with van der Waals surface area (Å²) in [5.74, 6) is -0.776. The van der Waals surface area contributed by atoms with Crippen molar-refractivity contribution >= 4 is 17.3 Å². The average Bonchev–Trinajstić information content (AvgIpc) is 2.90. The van der Waals surface area contributed by atoms with E-state index in [0.29, 0.717) is 30.8 Å². The fraction of sp³-hybridized carbons (Fsp3) is 0.296. The third kappa shape index (κ3) is 4.59. The second-order valence-electron chi connectivity index (χ2n) is 9.07. The SMILES string of the molecule is N#Cc1ccccc1N1CCN2c3ccc(C(F)(F)F)cc3C[C@@H](C(=O)NCc3cccnc3)[C@@H]2C1. The Morgan fingerprint density at radius 1 is 1.11 bits per heavy atom. The molecule has 2 atom stereocenters. The first-order valence-electron chi connectivity index (χ1n) is 11.7. The smallest absolute Gasteiger partial charge is 0.367 e. The molecule has 9 heteroatoms. The fourth-order valence-electron chi connectivity index (χ4n) is 5.19. The Balaban J connectivity index is 1.46. The first-order valence-corrected chi connectivity index (χ1v) is 11.7. The molecule has 0 saturated carbocycles. The van der Waals surface area contributed by atoms with Gasteiger partial charge in [0, 0.05) is 44.3 Å². The Morgan fingerprint density at radius 3 is 2.69 bits per heavy atom. The lowest BCUT2D eigenvalue weighted by atomic mass is 9.82. The fourth-order valence-corrected chi connectivity index (χ4v) is 5.19. The van der Waals surface area contributed by atoms with Crippen LogP contribution in [0, 0.1) is 17.2 Å². The molecule has 3 aromatic rings. The summed E-state index contributed by atoms with van der Waals surface area (Å²) in [7, 11) is 0. The topological polar surface area (TPSA) is 72.3 Å². The lowest BCUT2D eigenvalue weighted by Gasteiger charge is -2.49. The van der Waals surface area contributed by atoms with E-state index < -0.39 is 17.7 Å². The molecule has 1 N–H and O–H groups in total. The van der Waals surface area contributed by atoms with Gasteiger partial charge in [-0.2, -0.15) is 18.4 Å². The number of piperazine rings is 1. The van der Waals surface area contributed by atoms with Gasteiger partial charge in [0.25, 0.3) is 0 Å². The zero-order chi connectivity index (χ0) is 25.3. The third-order valence-corrected chi connectivity index (χ3v) is 6.93. The van der Waals surface area contributed by atoms with Crippen LogP contribution < -0.4 is 15.1 Å². The van der Waals surface area contributed by atoms with Crippen LogP contribution in [-0.4, -0.2) is 36.6 Å². The molecule has 36 heavy (non-hydrogen) atoms. The summed E-state index contributed by atoms with van der Waals surface area (Å²) in [5.41, 5.74) is 2.73. The number of aromatic nitrogens is 1. The van der Waals surface area contributed by atoms with Gasteiger partial charge in [-0.05, 0) is 53.9 Å². The lowest BCUT2D eigenvalue weighted by molar-refractivity contribution is -0.137. The van der Waals surface area contributed by atoms with Crippen LogP contribution in [0.25, 0.3) is 0 Å². The summed E-state index contributed by atoms with van der Waals surface area (Å²) in [6.07, 6.45) is -0.939. The Labute approximate surface area is 207 Å². The van der Waals surface area contributed by atoms with Crippen LogP contribution in [0.2, 0.25) is 0 Å². The van der Waals surface area contributed by atoms with Gasteiger partial charge in [-0.1, -0.05) is 18.2 Å². The molecular weight excluding hydrogens is 467 g/mol. The Morgan fingerprint density at radius 2 is 1.94 bits per heavy atom. The number of halogens is 3. The third-order valence-electron chi connectivity index (χ3n) is 6.93. The number of para-hydroxylation sites is 1. The summed E-state index contributed by atoms with van der Waals surface area (Å²) >= 11 is 0. The molecule has 2 aliphatic heterocycles. The highest BCUT2D eigenvalue weighted by Crippen LogP contribution is 2.40. The van der Waals surface area contributed by atoms with E-state index in [1.54, 1.807) is 24.5 Å². The molecule has 1 saturated heterocycles. The number of hydrogen-bond donors (Lipinski definition) is 1. The lowest BCUT2D eigenvalue weighted by Crippen LogP contribution is -2.61. The molecule has 0 aliphatic carbocycles. The summed E-state index contributed by atoms with van der Waals surface area (Å²) in [5, 5.41) is 12.5. The van der Waals surface area contributed by atoms with Gasteiger partial charge in [0.2, 0.25) is 5.91 Å². The summed E-state index contributed by atoms with van der Waals surface area (Å²) in [6, 6.07) is 16.7. The van der Waals surface area contributed by atoms with Crippen molar-refractivity contribution in [3.8, 4) is 6.07 Å². The van der Waals surface area contributed by atoms with Gasteiger partial charge in [0.05, 0.1) is 28.8 Å². The van der Waals surface area contributed by atoms with Gasteiger partial charge in [0.1, 0.15) is 6.07 Å². The highest BCUT2D eigenvalue weighted by Gasteiger charge is 2.43. The maximum atomic E-state index is 13.4. The largest absolute Gasteiger partial charge is 0.416 e. The van der Waals surface area contributed by atoms with Crippen molar-refractivity contribution in [3.63, 3.8) is 0 Å². The summed E-state index contributed by atoms with van der Waals surface area (Å²) in [4.78, 5) is 21.6. The number of rotatable bonds is 4. The van der Waals surface area contributed by atoms with Crippen LogP contribution in [0.1, 0.15) is 22.3 Å². The van der Waals surface area contributed by atoms with Crippen molar-refractivity contribution in [2.24, 2.45) is 5.92 Å². The highest BCUT2D eigenvalue weighted by atomic mass is 19.4. The molecule has 0 radical (unpaired) electrons. The highest BCUT2D eigenvalue weighted by molar-refractivity contribution is 5.82. The molecule has 2 aliphatic rings. The maximum absolute atomic E-state index is 13.4. The van der Waals surface area contributed by atoms with Crippen LogP contribution in [0.5, 0.6) is 0 Å². The Hall–Kier alpha value is -4.06. The van der Waals surface area contributed by atoms with Crippen molar-refractivity contribution in [2.45, 2.75) is 25.2 Å². The molecule has 0 spiro atoms. The molecular formula is C27H24F3N5O. The van der Waals surface area contributed by atoms with Gasteiger partial charge < -0.3 is 15.1 Å². The van der Waals surface area contributed by atoms with Crippen molar-refractivity contribution in [3.05, 3.63) is 89.2 Å². The first-order chi connectivity index (χ1) is 17.3. The number of pyridine rings is 1. The van der Waals surface area contributed by atoms with Crippen LogP contribution >= 0.6 is 0 Å². The van der Waals surface area contributed by atoms with E-state index in [0.717, 1.165) is 23.0 Å². The molecule has 1 fully saturated rings. The number of nitriles is 1. The minimum absolute atomic E-state index is 0.201. The Bertz CT molecular complexity index is 1300. The molecule has 0 bridgehead atoms. The number of fused-ring (bicyclic) bond motifs is 3. The van der Waals surface area contributed by atoms with E-state index in [9.17, 15) is 23.2 Å². The number of nitrogens with zero attached hydrogens (tertiary/aromatic N) is 4. The second kappa shape index (κ2) is 9.53. The van der Waals surface area contributed by atoms with E-state index in [4.69, 9.17) is 0 Å². The number of amides is 1. The van der Waals surface area contributed by atoms with Crippen molar-refractivity contribution in [1.29, 1.82) is 5.26 Å². The number of alkyl halides is 3. The predicted octanol–water partition coefficient (Wildman–Crippen LogP) is 4.16. The molecule has 3 heterocycles. The number of carbonyl (C=O) groups is 1. The van der Waals surface area contributed by atoms with Crippen molar-refractivity contribution in [2.75, 3.05) is 29.4 Å². The van der Waals surface area contributed by atoms with Gasteiger partial charge in [-0.25, -0.2) is 0 Å². The monoisotopic (exact) mass is 491 g/mol. The van der Waals surface area contributed by atoms with E-state index in [-0.39, 0.29) is 24.9 Å². The second-order valence-corrected chi connectivity index (χ2v) is 9.07. The van der Waals surface area contributed by atoms with Crippen molar-refractivity contribution < 1.29 is 18.0 Å². The average molecular weight is 492 g/mol. The molecule has 6 nitrogen and oxygen atoms in total. The van der Waals surface area contributed by atoms with E-state index in [1.165, 1.54) is 12.1 Å².